The fraction of sp³-hybridized carbons (Fsp3) is 0.467. The number of nitrogens with zero attached hydrogens (tertiary/aromatic N) is 1. The molecule has 23 heavy (non-hydrogen) atoms. The van der Waals surface area contributed by atoms with Crippen LogP contribution >= 0.6 is 0 Å². The van der Waals surface area contributed by atoms with E-state index in [1.54, 1.807) is 30.3 Å². The zero-order chi connectivity index (χ0) is 17.0. The van der Waals surface area contributed by atoms with Gasteiger partial charge in [0, 0.05) is 18.6 Å². The summed E-state index contributed by atoms with van der Waals surface area (Å²) in [4.78, 5) is 24.1. The third kappa shape index (κ3) is 4.69. The van der Waals surface area contributed by atoms with Gasteiger partial charge in [-0.2, -0.15) is 13.2 Å². The van der Waals surface area contributed by atoms with Crippen molar-refractivity contribution in [2.75, 3.05) is 0 Å². The minimum Gasteiger partial charge on any atom is -0.369 e. The van der Waals surface area contributed by atoms with Crippen molar-refractivity contribution in [1.29, 1.82) is 0 Å². The molecule has 1 saturated carbocycles. The molecule has 1 amide bonds. The number of rotatable bonds is 3. The number of amides is 1. The smallest absolute Gasteiger partial charge is 0.369 e. The first-order chi connectivity index (χ1) is 10.8. The molecule has 0 heterocycles. The highest BCUT2D eigenvalue weighted by molar-refractivity contribution is 5.87. The van der Waals surface area contributed by atoms with Gasteiger partial charge >= 0.3 is 18.2 Å². The van der Waals surface area contributed by atoms with E-state index < -0.39 is 18.2 Å². The molecule has 0 aromatic heterocycles. The summed E-state index contributed by atoms with van der Waals surface area (Å²) < 4.78 is 40.8. The molecule has 0 spiro atoms. The molecule has 2 atom stereocenters. The first-order valence-electron chi connectivity index (χ1n) is 7.16. The van der Waals surface area contributed by atoms with Gasteiger partial charge in [-0.15, -0.1) is 0 Å². The number of nitrogens with two attached hydrogens (primary N) is 1. The zero-order valence-electron chi connectivity index (χ0n) is 12.3. The average molecular weight is 330 g/mol. The van der Waals surface area contributed by atoms with Crippen LogP contribution in [0.15, 0.2) is 30.3 Å². The maximum atomic E-state index is 12.3. The van der Waals surface area contributed by atoms with Crippen molar-refractivity contribution in [2.45, 2.75) is 44.1 Å². The van der Waals surface area contributed by atoms with Crippen molar-refractivity contribution in [3.63, 3.8) is 0 Å². The summed E-state index contributed by atoms with van der Waals surface area (Å²) in [5.74, 6) is -2.51. The highest BCUT2D eigenvalue weighted by Crippen LogP contribution is 2.26. The Morgan fingerprint density at radius 3 is 2.39 bits per heavy atom. The minimum atomic E-state index is -5.21. The lowest BCUT2D eigenvalue weighted by Crippen LogP contribution is -2.42. The molecule has 0 unspecified atom stereocenters. The molecule has 0 radical (unpaired) electrons. The van der Waals surface area contributed by atoms with Crippen LogP contribution in [0, 0.1) is 0 Å². The van der Waals surface area contributed by atoms with E-state index in [2.05, 4.69) is 4.74 Å². The van der Waals surface area contributed by atoms with Crippen molar-refractivity contribution < 1.29 is 27.5 Å². The molecule has 0 saturated heterocycles. The van der Waals surface area contributed by atoms with E-state index in [1.165, 1.54) is 0 Å². The first kappa shape index (κ1) is 17.3. The lowest BCUT2D eigenvalue weighted by Gasteiger charge is -2.28. The summed E-state index contributed by atoms with van der Waals surface area (Å²) in [6.07, 6.45) is -4.82. The third-order valence-electron chi connectivity index (χ3n) is 3.73. The quantitative estimate of drug-likeness (QED) is 0.683. The van der Waals surface area contributed by atoms with Gasteiger partial charge in [0.2, 0.25) is 0 Å². The van der Waals surface area contributed by atoms with Gasteiger partial charge in [-0.05, 0) is 24.8 Å². The van der Waals surface area contributed by atoms with Crippen molar-refractivity contribution in [1.82, 2.24) is 4.90 Å². The summed E-state index contributed by atoms with van der Waals surface area (Å²) in [6.45, 7) is 0.0577. The second-order valence-corrected chi connectivity index (χ2v) is 5.49. The second kappa shape index (κ2) is 6.99. The lowest BCUT2D eigenvalue weighted by atomic mass is 10.1. The fourth-order valence-electron chi connectivity index (χ4n) is 2.59. The van der Waals surface area contributed by atoms with Crippen LogP contribution in [0.1, 0.15) is 24.8 Å². The number of halogens is 3. The van der Waals surface area contributed by atoms with Crippen LogP contribution < -0.4 is 5.73 Å². The molecular formula is C15H17F3N2O3. The number of hydrogen-bond donors (Lipinski definition) is 1. The van der Waals surface area contributed by atoms with E-state index in [0.29, 0.717) is 19.3 Å². The van der Waals surface area contributed by atoms with Crippen LogP contribution in [0.3, 0.4) is 0 Å². The maximum absolute atomic E-state index is 12.3. The lowest BCUT2D eigenvalue weighted by molar-refractivity contribution is -0.194. The number of ether oxygens (including phenoxy) is 1. The van der Waals surface area contributed by atoms with Gasteiger partial charge in [0.05, 0.1) is 0 Å². The third-order valence-corrected chi connectivity index (χ3v) is 3.73. The van der Waals surface area contributed by atoms with Gasteiger partial charge in [-0.1, -0.05) is 30.3 Å². The van der Waals surface area contributed by atoms with Crippen LogP contribution in [0.2, 0.25) is 0 Å². The monoisotopic (exact) mass is 330 g/mol. The number of carbonyl (C=O) groups is 2. The highest BCUT2D eigenvalue weighted by atomic mass is 19.4. The molecule has 2 rings (SSSR count). The van der Waals surface area contributed by atoms with Gasteiger partial charge in [-0.25, -0.2) is 9.59 Å². The Morgan fingerprint density at radius 1 is 1.22 bits per heavy atom. The van der Waals surface area contributed by atoms with Gasteiger partial charge in [-0.3, -0.25) is 0 Å². The topological polar surface area (TPSA) is 72.6 Å². The number of alkyl halides is 3. The largest absolute Gasteiger partial charge is 0.491 e. The number of carbonyl (C=O) groups excluding carboxylic acids is 2. The Morgan fingerprint density at radius 2 is 1.87 bits per heavy atom. The fourth-order valence-corrected chi connectivity index (χ4v) is 2.59. The van der Waals surface area contributed by atoms with Crippen LogP contribution in [0.4, 0.5) is 18.0 Å². The molecule has 0 aliphatic heterocycles. The van der Waals surface area contributed by atoms with Crippen molar-refractivity contribution in [3.05, 3.63) is 35.9 Å². The van der Waals surface area contributed by atoms with E-state index in [1.807, 2.05) is 0 Å². The van der Waals surface area contributed by atoms with Crippen LogP contribution in [-0.4, -0.2) is 35.2 Å². The van der Waals surface area contributed by atoms with Gasteiger partial charge in [0.15, 0.2) is 0 Å². The number of hydrogen-bond acceptors (Lipinski definition) is 4. The van der Waals surface area contributed by atoms with E-state index in [0.717, 1.165) is 10.5 Å². The van der Waals surface area contributed by atoms with Crippen molar-refractivity contribution in [3.8, 4) is 0 Å². The van der Waals surface area contributed by atoms with E-state index >= 15 is 0 Å². The predicted octanol–water partition coefficient (Wildman–Crippen LogP) is 2.59. The molecule has 2 N–H and O–H groups in total. The van der Waals surface area contributed by atoms with Gasteiger partial charge in [0.25, 0.3) is 0 Å². The van der Waals surface area contributed by atoms with Gasteiger partial charge < -0.3 is 15.4 Å². The molecule has 5 nitrogen and oxygen atoms in total. The van der Waals surface area contributed by atoms with Crippen LogP contribution in [0.5, 0.6) is 0 Å². The van der Waals surface area contributed by atoms with E-state index in [4.69, 9.17) is 5.73 Å². The van der Waals surface area contributed by atoms with E-state index in [-0.39, 0.29) is 18.6 Å². The maximum Gasteiger partial charge on any atom is 0.491 e. The molecule has 1 fully saturated rings. The summed E-state index contributed by atoms with van der Waals surface area (Å²) in [5.41, 5.74) is 6.53. The Labute approximate surface area is 131 Å². The summed E-state index contributed by atoms with van der Waals surface area (Å²) in [5, 5.41) is 0. The zero-order valence-corrected chi connectivity index (χ0v) is 12.3. The Hall–Kier alpha value is -2.09. The normalized spacial score (nSPS) is 21.0. The van der Waals surface area contributed by atoms with E-state index in [9.17, 15) is 22.8 Å². The summed E-state index contributed by atoms with van der Waals surface area (Å²) in [7, 11) is 0. The first-order valence-corrected chi connectivity index (χ1v) is 7.16. The standard InChI is InChI=1S/C15H17F3N2O3/c16-15(17,18)13(21)23-14(22)20(12-7-6-11(19)8-12)9-10-4-2-1-3-5-10/h1-5,11-12H,6-9,19H2/t11-,12+/m0/s1. The Balaban J connectivity index is 2.12. The number of esters is 1. The highest BCUT2D eigenvalue weighted by Gasteiger charge is 2.44. The van der Waals surface area contributed by atoms with Crippen molar-refractivity contribution >= 4 is 12.1 Å². The molecule has 1 aromatic carbocycles. The second-order valence-electron chi connectivity index (χ2n) is 5.49. The Bertz CT molecular complexity index is 563. The molecule has 126 valence electrons. The summed E-state index contributed by atoms with van der Waals surface area (Å²) >= 11 is 0. The molecule has 1 aromatic rings. The average Bonchev–Trinajstić information content (AvgIpc) is 2.91. The van der Waals surface area contributed by atoms with Crippen molar-refractivity contribution in [2.24, 2.45) is 5.73 Å². The molecule has 8 heteroatoms. The van der Waals surface area contributed by atoms with Crippen LogP contribution in [-0.2, 0) is 16.1 Å². The minimum absolute atomic E-state index is 0.0577. The number of benzene rings is 1. The Kier molecular flexibility index (Phi) is 5.25. The molecule has 1 aliphatic rings. The molecule has 0 bridgehead atoms. The summed E-state index contributed by atoms with van der Waals surface area (Å²) in [6, 6.07) is 8.29. The SMILES string of the molecule is N[C@H]1CC[C@@H](N(Cc2ccccc2)C(=O)OC(=O)C(F)(F)F)C1. The van der Waals surface area contributed by atoms with Crippen LogP contribution in [0.25, 0.3) is 0 Å². The van der Waals surface area contributed by atoms with Gasteiger partial charge in [0.1, 0.15) is 0 Å². The predicted molar refractivity (Wildman–Crippen MR) is 75.1 cm³/mol. The molecular weight excluding hydrogens is 313 g/mol. The molecule has 1 aliphatic carbocycles.